The summed E-state index contributed by atoms with van der Waals surface area (Å²) in [5.41, 5.74) is 2.42. The third kappa shape index (κ3) is 2.95. The van der Waals surface area contributed by atoms with Gasteiger partial charge in [0.2, 0.25) is 0 Å². The molecule has 4 rings (SSSR count). The Hall–Kier alpha value is -2.89. The van der Waals surface area contributed by atoms with Crippen LogP contribution in [0.1, 0.15) is 18.5 Å². The molecule has 2 heterocycles. The number of hydrogen-bond acceptors (Lipinski definition) is 2. The summed E-state index contributed by atoms with van der Waals surface area (Å²) < 4.78 is 15.0. The zero-order valence-corrected chi connectivity index (χ0v) is 13.0. The number of rotatable bonds is 4. The summed E-state index contributed by atoms with van der Waals surface area (Å²) in [7, 11) is 0. The lowest BCUT2D eigenvalue weighted by atomic mass is 10.3. The largest absolute Gasteiger partial charge is 0.322 e. The molecule has 2 aromatic heterocycles. The summed E-state index contributed by atoms with van der Waals surface area (Å²) in [6.45, 7) is 0.489. The van der Waals surface area contributed by atoms with Crippen LogP contribution in [0, 0.1) is 5.82 Å². The second kappa shape index (κ2) is 5.96. The second-order valence-electron chi connectivity index (χ2n) is 5.97. The maximum atomic E-state index is 13.0. The fourth-order valence-corrected chi connectivity index (χ4v) is 2.76. The number of hydrogen-bond donors (Lipinski definition) is 1. The molecule has 6 heteroatoms. The van der Waals surface area contributed by atoms with Crippen LogP contribution in [-0.2, 0) is 6.54 Å². The van der Waals surface area contributed by atoms with E-state index in [0.29, 0.717) is 12.2 Å². The molecule has 3 aromatic rings. The van der Waals surface area contributed by atoms with E-state index >= 15 is 0 Å². The van der Waals surface area contributed by atoms with Gasteiger partial charge in [-0.25, -0.2) is 14.2 Å². The van der Waals surface area contributed by atoms with Crippen molar-refractivity contribution in [3.8, 4) is 0 Å². The molecule has 0 spiro atoms. The van der Waals surface area contributed by atoms with Crippen LogP contribution in [0.2, 0.25) is 0 Å². The first kappa shape index (κ1) is 14.7. The van der Waals surface area contributed by atoms with Crippen molar-refractivity contribution in [2.45, 2.75) is 25.4 Å². The molecule has 1 aliphatic rings. The van der Waals surface area contributed by atoms with Gasteiger partial charge in [-0.15, -0.1) is 0 Å². The maximum absolute atomic E-state index is 13.0. The van der Waals surface area contributed by atoms with Crippen LogP contribution in [0.4, 0.5) is 14.9 Å². The topological polar surface area (TPSA) is 49.6 Å². The number of imidazole rings is 1. The molecule has 1 aliphatic carbocycles. The Labute approximate surface area is 138 Å². The Morgan fingerprint density at radius 1 is 1.25 bits per heavy atom. The van der Waals surface area contributed by atoms with Gasteiger partial charge in [0.1, 0.15) is 11.5 Å². The number of carbonyl (C=O) groups excluding carboxylic acids is 1. The quantitative estimate of drug-likeness (QED) is 0.796. The van der Waals surface area contributed by atoms with E-state index in [-0.39, 0.29) is 17.9 Å². The van der Waals surface area contributed by atoms with Crippen molar-refractivity contribution in [2.24, 2.45) is 0 Å². The number of benzene rings is 1. The van der Waals surface area contributed by atoms with E-state index in [0.717, 1.165) is 24.2 Å². The van der Waals surface area contributed by atoms with Crippen molar-refractivity contribution in [2.75, 3.05) is 5.32 Å². The van der Waals surface area contributed by atoms with E-state index < -0.39 is 0 Å². The third-order valence-corrected chi connectivity index (χ3v) is 4.17. The molecule has 1 saturated carbocycles. The summed E-state index contributed by atoms with van der Waals surface area (Å²) in [5, 5.41) is 2.84. The van der Waals surface area contributed by atoms with Crippen LogP contribution < -0.4 is 5.32 Å². The van der Waals surface area contributed by atoms with Gasteiger partial charge in [0.15, 0.2) is 0 Å². The van der Waals surface area contributed by atoms with Crippen molar-refractivity contribution in [1.29, 1.82) is 0 Å². The minimum absolute atomic E-state index is 0.171. The fraction of sp³-hybridized carbons (Fsp3) is 0.222. The Kier molecular flexibility index (Phi) is 3.65. The molecule has 122 valence electrons. The van der Waals surface area contributed by atoms with Crippen molar-refractivity contribution < 1.29 is 9.18 Å². The number of halogens is 1. The van der Waals surface area contributed by atoms with Crippen molar-refractivity contribution in [1.82, 2.24) is 14.3 Å². The molecule has 0 atom stereocenters. The number of anilines is 1. The van der Waals surface area contributed by atoms with Crippen LogP contribution in [0.25, 0.3) is 5.65 Å². The Morgan fingerprint density at radius 3 is 2.79 bits per heavy atom. The molecule has 2 amide bonds. The number of amides is 2. The van der Waals surface area contributed by atoms with Gasteiger partial charge in [-0.05, 0) is 49.2 Å². The first-order valence-electron chi connectivity index (χ1n) is 7.95. The number of nitrogens with one attached hydrogen (secondary N) is 1. The predicted octanol–water partition coefficient (Wildman–Crippen LogP) is 3.67. The summed E-state index contributed by atoms with van der Waals surface area (Å²) in [6, 6.07) is 11.7. The van der Waals surface area contributed by atoms with Gasteiger partial charge in [0.25, 0.3) is 0 Å². The summed E-state index contributed by atoms with van der Waals surface area (Å²) in [6.07, 6.45) is 5.76. The Morgan fingerprint density at radius 2 is 2.04 bits per heavy atom. The van der Waals surface area contributed by atoms with Gasteiger partial charge in [0.05, 0.1) is 18.4 Å². The second-order valence-corrected chi connectivity index (χ2v) is 5.97. The molecule has 1 aromatic carbocycles. The summed E-state index contributed by atoms with van der Waals surface area (Å²) in [4.78, 5) is 18.8. The Balaban J connectivity index is 1.54. The predicted molar refractivity (Wildman–Crippen MR) is 89.2 cm³/mol. The van der Waals surface area contributed by atoms with Gasteiger partial charge < -0.3 is 14.6 Å². The number of carbonyl (C=O) groups is 1. The van der Waals surface area contributed by atoms with Gasteiger partial charge in [-0.1, -0.05) is 6.07 Å². The van der Waals surface area contributed by atoms with Crippen LogP contribution >= 0.6 is 0 Å². The van der Waals surface area contributed by atoms with E-state index in [1.807, 2.05) is 33.7 Å². The van der Waals surface area contributed by atoms with E-state index in [1.165, 1.54) is 12.1 Å². The maximum Gasteiger partial charge on any atom is 0.322 e. The average Bonchev–Trinajstić information content (AvgIpc) is 3.35. The van der Waals surface area contributed by atoms with Crippen LogP contribution in [0.15, 0.2) is 54.9 Å². The highest BCUT2D eigenvalue weighted by Gasteiger charge is 2.33. The average molecular weight is 324 g/mol. The highest BCUT2D eigenvalue weighted by atomic mass is 19.1. The first-order chi connectivity index (χ1) is 11.7. The number of aromatic nitrogens is 2. The fourth-order valence-electron chi connectivity index (χ4n) is 2.76. The molecule has 0 bridgehead atoms. The SMILES string of the molecule is O=C(Nc1ccc(F)cc1)N(Cc1cnc2ccccn12)C1CC1. The molecule has 1 N–H and O–H groups in total. The van der Waals surface area contributed by atoms with Crippen molar-refractivity contribution in [3.05, 3.63) is 66.4 Å². The highest BCUT2D eigenvalue weighted by molar-refractivity contribution is 5.89. The molecule has 24 heavy (non-hydrogen) atoms. The molecule has 1 fully saturated rings. The molecule has 5 nitrogen and oxygen atoms in total. The normalized spacial score (nSPS) is 13.9. The van der Waals surface area contributed by atoms with Crippen molar-refractivity contribution in [3.63, 3.8) is 0 Å². The van der Waals surface area contributed by atoms with Crippen LogP contribution in [0.3, 0.4) is 0 Å². The van der Waals surface area contributed by atoms with E-state index in [4.69, 9.17) is 0 Å². The highest BCUT2D eigenvalue weighted by Crippen LogP contribution is 2.29. The lowest BCUT2D eigenvalue weighted by Crippen LogP contribution is -2.36. The van der Waals surface area contributed by atoms with Crippen molar-refractivity contribution >= 4 is 17.4 Å². The van der Waals surface area contributed by atoms with Gasteiger partial charge in [0, 0.05) is 17.9 Å². The molecule has 0 saturated heterocycles. The summed E-state index contributed by atoms with van der Waals surface area (Å²) >= 11 is 0. The molecule has 0 radical (unpaired) electrons. The molecule has 0 aliphatic heterocycles. The van der Waals surface area contributed by atoms with Gasteiger partial charge >= 0.3 is 6.03 Å². The monoisotopic (exact) mass is 324 g/mol. The van der Waals surface area contributed by atoms with E-state index in [2.05, 4.69) is 10.3 Å². The standard InChI is InChI=1S/C18H17FN4O/c19-13-4-6-14(7-5-13)21-18(24)23(15-8-9-15)12-16-11-20-17-3-1-2-10-22(16)17/h1-7,10-11,15H,8-9,12H2,(H,21,24). The first-order valence-corrected chi connectivity index (χ1v) is 7.95. The van der Waals surface area contributed by atoms with Crippen LogP contribution in [0.5, 0.6) is 0 Å². The molecular weight excluding hydrogens is 307 g/mol. The molecule has 0 unspecified atom stereocenters. The van der Waals surface area contributed by atoms with Gasteiger partial charge in [-0.3, -0.25) is 0 Å². The minimum Gasteiger partial charge on any atom is -0.316 e. The van der Waals surface area contributed by atoms with Crippen LogP contribution in [-0.4, -0.2) is 26.4 Å². The number of fused-ring (bicyclic) bond motifs is 1. The third-order valence-electron chi connectivity index (χ3n) is 4.17. The zero-order valence-electron chi connectivity index (χ0n) is 13.0. The number of pyridine rings is 1. The number of urea groups is 1. The van der Waals surface area contributed by atoms with E-state index in [9.17, 15) is 9.18 Å². The lowest BCUT2D eigenvalue weighted by Gasteiger charge is -2.22. The zero-order chi connectivity index (χ0) is 16.5. The van der Waals surface area contributed by atoms with E-state index in [1.54, 1.807) is 18.3 Å². The lowest BCUT2D eigenvalue weighted by molar-refractivity contribution is 0.205. The Bertz CT molecular complexity index is 870. The van der Waals surface area contributed by atoms with Gasteiger partial charge in [-0.2, -0.15) is 0 Å². The molecular formula is C18H17FN4O. The summed E-state index contributed by atoms with van der Waals surface area (Å²) in [5.74, 6) is -0.322. The minimum atomic E-state index is -0.322. The number of nitrogens with zero attached hydrogens (tertiary/aromatic N) is 3. The smallest absolute Gasteiger partial charge is 0.316 e.